The van der Waals surface area contributed by atoms with Gasteiger partial charge in [-0.1, -0.05) is 0 Å². The number of aliphatic hydroxyl groups is 1. The van der Waals surface area contributed by atoms with Gasteiger partial charge in [0.15, 0.2) is 0 Å². The molecular formula is C14H18N2O4. The lowest BCUT2D eigenvalue weighted by Gasteiger charge is -2.16. The zero-order valence-electron chi connectivity index (χ0n) is 11.7. The van der Waals surface area contributed by atoms with Crippen molar-refractivity contribution in [1.82, 2.24) is 9.13 Å². The van der Waals surface area contributed by atoms with Crippen molar-refractivity contribution in [2.24, 2.45) is 7.05 Å². The number of ether oxygens (including phenoxy) is 2. The minimum absolute atomic E-state index is 0.156. The van der Waals surface area contributed by atoms with Gasteiger partial charge in [0.2, 0.25) is 0 Å². The lowest BCUT2D eigenvalue weighted by molar-refractivity contribution is 0.151. The van der Waals surface area contributed by atoms with Crippen LogP contribution in [0.5, 0.6) is 11.5 Å². The Kier molecular flexibility index (Phi) is 4.14. The smallest absolute Gasteiger partial charge is 0.327 e. The lowest BCUT2D eigenvalue weighted by atomic mass is 10.1. The number of aliphatic hydroxyl groups excluding tert-OH is 1. The van der Waals surface area contributed by atoms with Gasteiger partial charge < -0.3 is 19.1 Å². The third-order valence-corrected chi connectivity index (χ3v) is 3.18. The molecule has 1 heterocycles. The van der Waals surface area contributed by atoms with Crippen molar-refractivity contribution in [2.75, 3.05) is 14.2 Å². The van der Waals surface area contributed by atoms with E-state index < -0.39 is 6.10 Å². The van der Waals surface area contributed by atoms with Crippen molar-refractivity contribution in [3.8, 4) is 11.5 Å². The number of aryl methyl sites for hydroxylation is 1. The summed E-state index contributed by atoms with van der Waals surface area (Å²) in [6.07, 6.45) is 2.43. The van der Waals surface area contributed by atoms with Crippen LogP contribution in [-0.2, 0) is 13.6 Å². The second-order valence-corrected chi connectivity index (χ2v) is 4.47. The molecule has 0 bridgehead atoms. The average molecular weight is 278 g/mol. The number of aromatic nitrogens is 2. The van der Waals surface area contributed by atoms with Gasteiger partial charge >= 0.3 is 5.69 Å². The molecule has 20 heavy (non-hydrogen) atoms. The zero-order valence-corrected chi connectivity index (χ0v) is 11.7. The Morgan fingerprint density at radius 3 is 2.55 bits per heavy atom. The Bertz CT molecular complexity index is 645. The van der Waals surface area contributed by atoms with E-state index in [-0.39, 0.29) is 12.2 Å². The molecule has 1 atom stereocenters. The summed E-state index contributed by atoms with van der Waals surface area (Å²) < 4.78 is 13.3. The SMILES string of the molecule is COc1ccc(OC)c(C(O)Cn2ccn(C)c2=O)c1. The lowest BCUT2D eigenvalue weighted by Crippen LogP contribution is -2.24. The van der Waals surface area contributed by atoms with Gasteiger partial charge in [0, 0.05) is 25.0 Å². The third kappa shape index (κ3) is 2.70. The van der Waals surface area contributed by atoms with Gasteiger partial charge in [0.1, 0.15) is 17.6 Å². The van der Waals surface area contributed by atoms with E-state index in [2.05, 4.69) is 0 Å². The molecule has 0 spiro atoms. The van der Waals surface area contributed by atoms with Crippen LogP contribution in [0.3, 0.4) is 0 Å². The van der Waals surface area contributed by atoms with Crippen LogP contribution < -0.4 is 15.2 Å². The molecule has 1 aromatic carbocycles. The fraction of sp³-hybridized carbons (Fsp3) is 0.357. The predicted octanol–water partition coefficient (Wildman–Crippen LogP) is 0.938. The summed E-state index contributed by atoms with van der Waals surface area (Å²) in [6.45, 7) is 0.156. The summed E-state index contributed by atoms with van der Waals surface area (Å²) in [5.41, 5.74) is 0.411. The molecule has 108 valence electrons. The Hall–Kier alpha value is -2.21. The second kappa shape index (κ2) is 5.83. The molecule has 0 aliphatic carbocycles. The fourth-order valence-electron chi connectivity index (χ4n) is 2.03. The van der Waals surface area contributed by atoms with Crippen LogP contribution in [0.1, 0.15) is 11.7 Å². The Morgan fingerprint density at radius 2 is 2.00 bits per heavy atom. The van der Waals surface area contributed by atoms with E-state index in [0.717, 1.165) is 0 Å². The van der Waals surface area contributed by atoms with Crippen molar-refractivity contribution < 1.29 is 14.6 Å². The average Bonchev–Trinajstić information content (AvgIpc) is 2.78. The molecule has 2 aromatic rings. The van der Waals surface area contributed by atoms with Gasteiger partial charge in [-0.15, -0.1) is 0 Å². The molecule has 0 radical (unpaired) electrons. The molecule has 1 N–H and O–H groups in total. The van der Waals surface area contributed by atoms with Crippen LogP contribution in [0, 0.1) is 0 Å². The van der Waals surface area contributed by atoms with E-state index in [1.165, 1.54) is 16.2 Å². The standard InChI is InChI=1S/C14H18N2O4/c1-15-6-7-16(14(15)18)9-12(17)11-8-10(19-2)4-5-13(11)20-3/h4-8,12,17H,9H2,1-3H3. The highest BCUT2D eigenvalue weighted by Gasteiger charge is 2.16. The maximum atomic E-state index is 11.8. The van der Waals surface area contributed by atoms with Crippen LogP contribution in [0.4, 0.5) is 0 Å². The summed E-state index contributed by atoms with van der Waals surface area (Å²) in [5, 5.41) is 10.3. The first-order valence-electron chi connectivity index (χ1n) is 6.18. The van der Waals surface area contributed by atoms with E-state index in [1.807, 2.05) is 0 Å². The van der Waals surface area contributed by atoms with Crippen molar-refractivity contribution >= 4 is 0 Å². The van der Waals surface area contributed by atoms with E-state index in [4.69, 9.17) is 9.47 Å². The number of benzene rings is 1. The first-order valence-corrected chi connectivity index (χ1v) is 6.18. The van der Waals surface area contributed by atoms with Crippen molar-refractivity contribution in [3.63, 3.8) is 0 Å². The van der Waals surface area contributed by atoms with Crippen molar-refractivity contribution in [2.45, 2.75) is 12.6 Å². The van der Waals surface area contributed by atoms with E-state index in [1.54, 1.807) is 44.8 Å². The summed E-state index contributed by atoms with van der Waals surface area (Å²) in [6, 6.07) is 5.19. The number of methoxy groups -OCH3 is 2. The Labute approximate surface area is 116 Å². The molecule has 6 heteroatoms. The minimum atomic E-state index is -0.861. The summed E-state index contributed by atoms with van der Waals surface area (Å²) >= 11 is 0. The number of nitrogens with zero attached hydrogens (tertiary/aromatic N) is 2. The molecule has 0 saturated carbocycles. The number of imidazole rings is 1. The van der Waals surface area contributed by atoms with Crippen LogP contribution in [-0.4, -0.2) is 28.5 Å². The molecule has 2 rings (SSSR count). The van der Waals surface area contributed by atoms with Crippen LogP contribution >= 0.6 is 0 Å². The molecule has 1 aromatic heterocycles. The normalized spacial score (nSPS) is 12.2. The number of hydrogen-bond donors (Lipinski definition) is 1. The Morgan fingerprint density at radius 1 is 1.25 bits per heavy atom. The third-order valence-electron chi connectivity index (χ3n) is 3.18. The van der Waals surface area contributed by atoms with E-state index >= 15 is 0 Å². The predicted molar refractivity (Wildman–Crippen MR) is 74.2 cm³/mol. The first kappa shape index (κ1) is 14.2. The van der Waals surface area contributed by atoms with Crippen LogP contribution in [0.2, 0.25) is 0 Å². The molecule has 0 aliphatic heterocycles. The van der Waals surface area contributed by atoms with Crippen LogP contribution in [0.15, 0.2) is 35.4 Å². The van der Waals surface area contributed by atoms with Crippen LogP contribution in [0.25, 0.3) is 0 Å². The number of hydrogen-bond acceptors (Lipinski definition) is 4. The van der Waals surface area contributed by atoms with E-state index in [9.17, 15) is 9.90 Å². The molecule has 0 fully saturated rings. The first-order chi connectivity index (χ1) is 9.56. The maximum Gasteiger partial charge on any atom is 0.327 e. The molecule has 6 nitrogen and oxygen atoms in total. The van der Waals surface area contributed by atoms with Gasteiger partial charge in [0.05, 0.1) is 20.8 Å². The van der Waals surface area contributed by atoms with Gasteiger partial charge in [-0.3, -0.25) is 4.57 Å². The highest BCUT2D eigenvalue weighted by atomic mass is 16.5. The highest BCUT2D eigenvalue weighted by Crippen LogP contribution is 2.29. The molecular weight excluding hydrogens is 260 g/mol. The molecule has 0 amide bonds. The van der Waals surface area contributed by atoms with Gasteiger partial charge in [-0.25, -0.2) is 4.79 Å². The summed E-state index contributed by atoms with van der Waals surface area (Å²) in [5.74, 6) is 1.18. The second-order valence-electron chi connectivity index (χ2n) is 4.47. The number of rotatable bonds is 5. The molecule has 0 saturated heterocycles. The summed E-state index contributed by atoms with van der Waals surface area (Å²) in [7, 11) is 4.75. The van der Waals surface area contributed by atoms with Crippen molar-refractivity contribution in [1.29, 1.82) is 0 Å². The zero-order chi connectivity index (χ0) is 14.7. The van der Waals surface area contributed by atoms with Gasteiger partial charge in [-0.05, 0) is 18.2 Å². The molecule has 1 unspecified atom stereocenters. The van der Waals surface area contributed by atoms with Gasteiger partial charge in [-0.2, -0.15) is 0 Å². The largest absolute Gasteiger partial charge is 0.497 e. The minimum Gasteiger partial charge on any atom is -0.497 e. The Balaban J connectivity index is 2.30. The monoisotopic (exact) mass is 278 g/mol. The quantitative estimate of drug-likeness (QED) is 0.884. The summed E-state index contributed by atoms with van der Waals surface area (Å²) in [4.78, 5) is 11.8. The van der Waals surface area contributed by atoms with Crippen molar-refractivity contribution in [3.05, 3.63) is 46.6 Å². The molecule has 0 aliphatic rings. The highest BCUT2D eigenvalue weighted by molar-refractivity contribution is 5.41. The maximum absolute atomic E-state index is 11.8. The van der Waals surface area contributed by atoms with Gasteiger partial charge in [0.25, 0.3) is 0 Å². The topological polar surface area (TPSA) is 65.6 Å². The fourth-order valence-corrected chi connectivity index (χ4v) is 2.03. The van der Waals surface area contributed by atoms with E-state index in [0.29, 0.717) is 17.1 Å².